The van der Waals surface area contributed by atoms with E-state index in [1.54, 1.807) is 18.9 Å². The van der Waals surface area contributed by atoms with Crippen LogP contribution in [0.25, 0.3) is 0 Å². The first-order valence-electron chi connectivity index (χ1n) is 7.34. The molecule has 1 atom stereocenters. The van der Waals surface area contributed by atoms with Crippen LogP contribution in [0.4, 0.5) is 0 Å². The van der Waals surface area contributed by atoms with E-state index in [-0.39, 0.29) is 6.04 Å². The fourth-order valence-corrected chi connectivity index (χ4v) is 3.03. The summed E-state index contributed by atoms with van der Waals surface area (Å²) in [7, 11) is 1.69. The molecule has 0 saturated carbocycles. The summed E-state index contributed by atoms with van der Waals surface area (Å²) in [6.07, 6.45) is 2.31. The van der Waals surface area contributed by atoms with Crippen molar-refractivity contribution in [1.29, 1.82) is 0 Å². The summed E-state index contributed by atoms with van der Waals surface area (Å²) in [5.74, 6) is 0.846. The number of hydrogen-bond acceptors (Lipinski definition) is 4. The summed E-state index contributed by atoms with van der Waals surface area (Å²) in [4.78, 5) is 4.53. The molecule has 0 radical (unpaired) electrons. The minimum Gasteiger partial charge on any atom is -0.382 e. The predicted molar refractivity (Wildman–Crippen MR) is 91.3 cm³/mol. The number of methoxy groups -OCH3 is 1. The van der Waals surface area contributed by atoms with Gasteiger partial charge in [-0.15, -0.1) is 0 Å². The monoisotopic (exact) mass is 305 g/mol. The molecule has 0 amide bonds. The second-order valence-corrected chi connectivity index (χ2v) is 6.11. The second-order valence-electron chi connectivity index (χ2n) is 5.14. The summed E-state index contributed by atoms with van der Waals surface area (Å²) in [6.45, 7) is 4.86. The Hall–Kier alpha value is -1.33. The number of aliphatic imine (C=N–C) groups is 1. The number of aryl methyl sites for hydroxylation is 1. The normalized spacial score (nSPS) is 18.2. The van der Waals surface area contributed by atoms with Gasteiger partial charge in [-0.25, -0.2) is 0 Å². The minimum absolute atomic E-state index is 0.148. The molecule has 1 aromatic carbocycles. The molecule has 0 aromatic heterocycles. The van der Waals surface area contributed by atoms with Gasteiger partial charge in [0.05, 0.1) is 18.4 Å². The maximum Gasteiger partial charge on any atom is 0.177 e. The van der Waals surface area contributed by atoms with Crippen molar-refractivity contribution in [3.05, 3.63) is 35.4 Å². The van der Waals surface area contributed by atoms with Crippen molar-refractivity contribution in [2.75, 3.05) is 19.5 Å². The van der Waals surface area contributed by atoms with Gasteiger partial charge in [0.2, 0.25) is 0 Å². The Balaban J connectivity index is 1.99. The van der Waals surface area contributed by atoms with E-state index in [1.807, 2.05) is 6.92 Å². The summed E-state index contributed by atoms with van der Waals surface area (Å²) >= 11 is 1.69. The fourth-order valence-electron chi connectivity index (χ4n) is 2.16. The van der Waals surface area contributed by atoms with Gasteiger partial charge >= 0.3 is 0 Å². The van der Waals surface area contributed by atoms with Crippen LogP contribution in [-0.4, -0.2) is 36.4 Å². The zero-order chi connectivity index (χ0) is 15.1. The molecule has 0 fully saturated rings. The first-order valence-corrected chi connectivity index (χ1v) is 8.33. The van der Waals surface area contributed by atoms with Crippen LogP contribution in [0.2, 0.25) is 0 Å². The summed E-state index contributed by atoms with van der Waals surface area (Å²) in [5, 5.41) is 5.31. The number of nitrogens with one attached hydrogen (secondary N) is 1. The maximum absolute atomic E-state index is 5.09. The highest BCUT2D eigenvalue weighted by Gasteiger charge is 2.13. The second kappa shape index (κ2) is 8.20. The number of hydrazone groups is 1. The van der Waals surface area contributed by atoms with Crippen LogP contribution in [0.1, 0.15) is 31.4 Å². The third-order valence-electron chi connectivity index (χ3n) is 3.20. The number of amidine groups is 1. The first kappa shape index (κ1) is 16.0. The molecule has 1 aliphatic rings. The third kappa shape index (κ3) is 4.86. The van der Waals surface area contributed by atoms with Crippen molar-refractivity contribution >= 4 is 22.6 Å². The summed E-state index contributed by atoms with van der Waals surface area (Å²) < 4.78 is 5.09. The molecule has 21 heavy (non-hydrogen) atoms. The number of benzene rings is 1. The van der Waals surface area contributed by atoms with Gasteiger partial charge < -0.3 is 4.74 Å². The van der Waals surface area contributed by atoms with Gasteiger partial charge in [-0.3, -0.25) is 10.4 Å². The number of hydrogen-bond donors (Lipinski definition) is 1. The average Bonchev–Trinajstić information content (AvgIpc) is 2.49. The molecular weight excluding hydrogens is 282 g/mol. The quantitative estimate of drug-likeness (QED) is 0.878. The lowest BCUT2D eigenvalue weighted by atomic mass is 10.1. The minimum atomic E-state index is 0.148. The third-order valence-corrected chi connectivity index (χ3v) is 4.09. The fraction of sp³-hybridized carbons (Fsp3) is 0.500. The molecule has 1 N–H and O–H groups in total. The maximum atomic E-state index is 5.09. The van der Waals surface area contributed by atoms with Gasteiger partial charge in [0.1, 0.15) is 0 Å². The highest BCUT2D eigenvalue weighted by molar-refractivity contribution is 8.14. The Morgan fingerprint density at radius 2 is 2.14 bits per heavy atom. The van der Waals surface area contributed by atoms with Gasteiger partial charge in [-0.05, 0) is 24.5 Å². The topological polar surface area (TPSA) is 46.0 Å². The average molecular weight is 305 g/mol. The van der Waals surface area contributed by atoms with E-state index in [0.717, 1.165) is 23.1 Å². The number of rotatable bonds is 6. The largest absolute Gasteiger partial charge is 0.382 e. The highest BCUT2D eigenvalue weighted by Crippen LogP contribution is 2.15. The SMILES string of the molecule is CCCc1ccc(C2=NNC(=N[C@H](C)COC)SC2)cc1. The zero-order valence-corrected chi connectivity index (χ0v) is 13.7. The van der Waals surface area contributed by atoms with E-state index >= 15 is 0 Å². The van der Waals surface area contributed by atoms with Crippen LogP contribution in [0.3, 0.4) is 0 Å². The van der Waals surface area contributed by atoms with E-state index in [0.29, 0.717) is 6.61 Å². The van der Waals surface area contributed by atoms with Gasteiger partial charge in [-0.2, -0.15) is 5.10 Å². The van der Waals surface area contributed by atoms with E-state index in [4.69, 9.17) is 4.74 Å². The Kier molecular flexibility index (Phi) is 6.26. The molecule has 114 valence electrons. The molecule has 4 nitrogen and oxygen atoms in total. The molecule has 2 rings (SSSR count). The molecule has 1 heterocycles. The lowest BCUT2D eigenvalue weighted by molar-refractivity contribution is 0.186. The predicted octanol–water partition coefficient (Wildman–Crippen LogP) is 3.07. The van der Waals surface area contributed by atoms with Crippen LogP contribution in [0, 0.1) is 0 Å². The molecule has 0 unspecified atom stereocenters. The lowest BCUT2D eigenvalue weighted by Crippen LogP contribution is -2.27. The first-order chi connectivity index (χ1) is 10.2. The van der Waals surface area contributed by atoms with E-state index < -0.39 is 0 Å². The molecule has 1 aromatic rings. The number of ether oxygens (including phenoxy) is 1. The van der Waals surface area contributed by atoms with Crippen LogP contribution in [0.5, 0.6) is 0 Å². The molecule has 0 saturated heterocycles. The van der Waals surface area contributed by atoms with Gasteiger partial charge in [0, 0.05) is 12.9 Å². The van der Waals surface area contributed by atoms with E-state index in [1.165, 1.54) is 17.5 Å². The van der Waals surface area contributed by atoms with Gasteiger partial charge in [0.25, 0.3) is 0 Å². The summed E-state index contributed by atoms with van der Waals surface area (Å²) in [6, 6.07) is 8.84. The van der Waals surface area contributed by atoms with Gasteiger partial charge in [-0.1, -0.05) is 49.4 Å². The van der Waals surface area contributed by atoms with Crippen molar-refractivity contribution in [3.8, 4) is 0 Å². The van der Waals surface area contributed by atoms with Crippen LogP contribution in [-0.2, 0) is 11.2 Å². The van der Waals surface area contributed by atoms with Crippen molar-refractivity contribution in [3.63, 3.8) is 0 Å². The Labute approximate surface area is 131 Å². The van der Waals surface area contributed by atoms with Crippen LogP contribution >= 0.6 is 11.8 Å². The molecule has 0 bridgehead atoms. The number of thioether (sulfide) groups is 1. The highest BCUT2D eigenvalue weighted by atomic mass is 32.2. The van der Waals surface area contributed by atoms with Crippen molar-refractivity contribution < 1.29 is 4.74 Å². The van der Waals surface area contributed by atoms with Crippen LogP contribution in [0.15, 0.2) is 34.4 Å². The molecule has 0 aliphatic carbocycles. The van der Waals surface area contributed by atoms with Crippen molar-refractivity contribution in [1.82, 2.24) is 5.43 Å². The zero-order valence-electron chi connectivity index (χ0n) is 12.9. The summed E-state index contributed by atoms with van der Waals surface area (Å²) in [5.41, 5.74) is 6.68. The van der Waals surface area contributed by atoms with Crippen molar-refractivity contribution in [2.24, 2.45) is 10.1 Å². The smallest absolute Gasteiger partial charge is 0.177 e. The molecule has 0 spiro atoms. The Morgan fingerprint density at radius 3 is 2.71 bits per heavy atom. The molecule has 5 heteroatoms. The van der Waals surface area contributed by atoms with Crippen molar-refractivity contribution in [2.45, 2.75) is 32.7 Å². The Bertz CT molecular complexity index is 511. The molecule has 1 aliphatic heterocycles. The van der Waals surface area contributed by atoms with E-state index in [9.17, 15) is 0 Å². The standard InChI is InChI=1S/C16H23N3OS/c1-4-5-13-6-8-14(9-7-13)15-11-21-16(19-18-15)17-12(2)10-20-3/h6-9,12H,4-5,10-11H2,1-3H3,(H,17,19)/t12-/m1/s1. The Morgan fingerprint density at radius 1 is 1.38 bits per heavy atom. The van der Waals surface area contributed by atoms with Gasteiger partial charge in [0.15, 0.2) is 5.17 Å². The lowest BCUT2D eigenvalue weighted by Gasteiger charge is -2.16. The van der Waals surface area contributed by atoms with Crippen LogP contribution < -0.4 is 5.43 Å². The number of nitrogens with zero attached hydrogens (tertiary/aromatic N) is 2. The molecular formula is C16H23N3OS. The van der Waals surface area contributed by atoms with E-state index in [2.05, 4.69) is 46.7 Å².